The third kappa shape index (κ3) is 5.83. The Morgan fingerprint density at radius 1 is 1.09 bits per heavy atom. The van der Waals surface area contributed by atoms with Crippen LogP contribution in [0.1, 0.15) is 53.5 Å². The zero-order valence-electron chi connectivity index (χ0n) is 23.5. The summed E-state index contributed by atoms with van der Waals surface area (Å²) in [5.41, 5.74) is 1.89. The van der Waals surface area contributed by atoms with E-state index in [4.69, 9.17) is 26.4 Å². The van der Waals surface area contributed by atoms with Gasteiger partial charge in [-0.3, -0.25) is 9.78 Å². The number of rotatable bonds is 7. The molecule has 3 aliphatic rings. The predicted molar refractivity (Wildman–Crippen MR) is 158 cm³/mol. The van der Waals surface area contributed by atoms with Gasteiger partial charge in [-0.15, -0.1) is 8.78 Å². The second-order valence-electron chi connectivity index (χ2n) is 11.2. The van der Waals surface area contributed by atoms with Gasteiger partial charge in [-0.05, 0) is 62.1 Å². The quantitative estimate of drug-likeness (QED) is 0.205. The number of carbonyl (C=O) groups excluding carboxylic acids is 1. The molecule has 2 fully saturated rings. The fourth-order valence-electron chi connectivity index (χ4n) is 5.93. The monoisotopic (exact) mass is 624 g/mol. The van der Waals surface area contributed by atoms with Crippen molar-refractivity contribution < 1.29 is 27.4 Å². The number of hydrogen-bond donors (Lipinski definition) is 1. The van der Waals surface area contributed by atoms with Crippen LogP contribution in [0.5, 0.6) is 5.75 Å². The van der Waals surface area contributed by atoms with Gasteiger partial charge in [0, 0.05) is 77.7 Å². The van der Waals surface area contributed by atoms with Crippen LogP contribution in [-0.4, -0.2) is 57.1 Å². The van der Waals surface area contributed by atoms with Crippen molar-refractivity contribution in [3.63, 3.8) is 0 Å². The van der Waals surface area contributed by atoms with Crippen molar-refractivity contribution in [3.05, 3.63) is 71.8 Å². The number of halogens is 4. The van der Waals surface area contributed by atoms with Gasteiger partial charge in [-0.2, -0.15) is 5.10 Å². The van der Waals surface area contributed by atoms with E-state index in [0.29, 0.717) is 36.5 Å². The van der Waals surface area contributed by atoms with Crippen LogP contribution < -0.4 is 15.0 Å². The van der Waals surface area contributed by atoms with Crippen molar-refractivity contribution in [2.24, 2.45) is 0 Å². The molecule has 228 valence electrons. The molecule has 1 amide bonds. The Hall–Kier alpha value is -4.16. The Morgan fingerprint density at radius 2 is 1.93 bits per heavy atom. The number of amides is 1. The first-order valence-corrected chi connectivity index (χ1v) is 14.8. The lowest BCUT2D eigenvalue weighted by Gasteiger charge is -2.22. The lowest BCUT2D eigenvalue weighted by molar-refractivity contribution is -0.0964. The molecule has 9 nitrogen and oxygen atoms in total. The summed E-state index contributed by atoms with van der Waals surface area (Å²) in [5.74, 6) is -0.0585. The van der Waals surface area contributed by atoms with Crippen molar-refractivity contribution in [3.8, 4) is 28.1 Å². The Morgan fingerprint density at radius 3 is 2.66 bits per heavy atom. The third-order valence-electron chi connectivity index (χ3n) is 8.06. The largest absolute Gasteiger partial charge is 0.487 e. The topological polar surface area (TPSA) is 94.4 Å². The van der Waals surface area contributed by atoms with Crippen molar-refractivity contribution >= 4 is 29.0 Å². The van der Waals surface area contributed by atoms with Crippen LogP contribution in [0.15, 0.2) is 55.0 Å². The molecule has 44 heavy (non-hydrogen) atoms. The van der Waals surface area contributed by atoms with Crippen molar-refractivity contribution in [2.45, 2.75) is 50.1 Å². The molecule has 13 heteroatoms. The number of alkyl halides is 4. The van der Waals surface area contributed by atoms with Gasteiger partial charge < -0.3 is 19.7 Å². The van der Waals surface area contributed by atoms with Gasteiger partial charge in [0.15, 0.2) is 0 Å². The molecular weight excluding hydrogens is 597 g/mol. The lowest BCUT2D eigenvalue weighted by Crippen LogP contribution is -2.22. The predicted octanol–water partition coefficient (Wildman–Crippen LogP) is 6.58. The number of benzene rings is 1. The summed E-state index contributed by atoms with van der Waals surface area (Å²) in [6.07, 6.45) is 8.31. The van der Waals surface area contributed by atoms with Crippen molar-refractivity contribution in [1.82, 2.24) is 19.7 Å². The average Bonchev–Trinajstić information content (AvgIpc) is 3.72. The number of nitrogens with zero attached hydrogens (tertiary/aromatic N) is 5. The lowest BCUT2D eigenvalue weighted by atomic mass is 10.0. The van der Waals surface area contributed by atoms with Gasteiger partial charge in [0.05, 0.1) is 23.5 Å². The minimum atomic E-state index is -3.84. The molecule has 3 aromatic heterocycles. The zero-order valence-corrected chi connectivity index (χ0v) is 24.2. The van der Waals surface area contributed by atoms with Crippen LogP contribution in [0.25, 0.3) is 22.4 Å². The van der Waals surface area contributed by atoms with Crippen molar-refractivity contribution in [1.29, 1.82) is 0 Å². The highest BCUT2D eigenvalue weighted by atomic mass is 35.5. The van der Waals surface area contributed by atoms with E-state index in [2.05, 4.69) is 15.0 Å². The highest BCUT2D eigenvalue weighted by Crippen LogP contribution is 2.40. The maximum absolute atomic E-state index is 14.2. The molecule has 2 saturated heterocycles. The van der Waals surface area contributed by atoms with Gasteiger partial charge in [0.25, 0.3) is 5.91 Å². The van der Waals surface area contributed by atoms with Crippen molar-refractivity contribution in [2.75, 3.05) is 29.9 Å². The van der Waals surface area contributed by atoms with Crippen LogP contribution in [0.4, 0.5) is 24.7 Å². The summed E-state index contributed by atoms with van der Waals surface area (Å²) in [6.45, 7) is 1.42. The normalized spacial score (nSPS) is 19.5. The number of nitrogens with one attached hydrogen (secondary N) is 1. The first-order chi connectivity index (χ1) is 21.2. The fraction of sp³-hybridized carbons (Fsp3) is 0.355. The number of carbonyl (C=O) groups is 1. The fourth-order valence-corrected chi connectivity index (χ4v) is 6.02. The number of aromatic nitrogens is 4. The van der Waals surface area contributed by atoms with E-state index in [1.165, 1.54) is 30.5 Å². The second kappa shape index (κ2) is 11.4. The Kier molecular flexibility index (Phi) is 7.41. The van der Waals surface area contributed by atoms with Gasteiger partial charge in [-0.1, -0.05) is 0 Å². The van der Waals surface area contributed by atoms with E-state index in [9.17, 15) is 18.0 Å². The number of anilines is 2. The first kappa shape index (κ1) is 28.6. The van der Waals surface area contributed by atoms with Crippen LogP contribution in [0.3, 0.4) is 0 Å². The number of fused-ring (bicyclic) bond motifs is 3. The molecule has 0 spiro atoms. The molecule has 2 atom stereocenters. The minimum Gasteiger partial charge on any atom is -0.420 e. The Balaban J connectivity index is 1.19. The summed E-state index contributed by atoms with van der Waals surface area (Å²) in [6, 6.07) is 9.09. The van der Waals surface area contributed by atoms with E-state index in [-0.39, 0.29) is 24.1 Å². The molecule has 1 aliphatic carbocycles. The van der Waals surface area contributed by atoms with Crippen LogP contribution in [0, 0.1) is 0 Å². The van der Waals surface area contributed by atoms with Gasteiger partial charge in [-0.25, -0.2) is 14.1 Å². The molecule has 5 heterocycles. The van der Waals surface area contributed by atoms with E-state index >= 15 is 0 Å². The molecule has 1 N–H and O–H groups in total. The third-order valence-corrected chi connectivity index (χ3v) is 8.13. The zero-order chi connectivity index (χ0) is 30.4. The summed E-state index contributed by atoms with van der Waals surface area (Å²) in [4.78, 5) is 24.5. The SMILES string of the molecule is O=C(Nc1ccc(OC(F)(F)Cl)cc1)c1cnc(N2CC[C@@H](F)C2)c(-c2cnc3c(c2)-c2nn(C4CCCCO4)cc2C3)c1. The second-order valence-corrected chi connectivity index (χ2v) is 11.6. The molecule has 0 saturated carbocycles. The molecule has 1 unspecified atom stereocenters. The molecule has 7 rings (SSSR count). The first-order valence-electron chi connectivity index (χ1n) is 14.5. The molecule has 2 aliphatic heterocycles. The van der Waals surface area contributed by atoms with Gasteiger partial charge in [0.2, 0.25) is 0 Å². The maximum atomic E-state index is 14.2. The highest BCUT2D eigenvalue weighted by Gasteiger charge is 2.30. The highest BCUT2D eigenvalue weighted by molar-refractivity contribution is 6.20. The number of pyridine rings is 2. The number of hydrogen-bond acceptors (Lipinski definition) is 7. The van der Waals surface area contributed by atoms with Gasteiger partial charge >= 0.3 is 5.57 Å². The maximum Gasteiger partial charge on any atom is 0.487 e. The summed E-state index contributed by atoms with van der Waals surface area (Å²) < 4.78 is 52.3. The van der Waals surface area contributed by atoms with Crippen LogP contribution in [-0.2, 0) is 11.2 Å². The van der Waals surface area contributed by atoms with E-state index in [1.807, 2.05) is 21.8 Å². The molecule has 1 aromatic carbocycles. The average molecular weight is 625 g/mol. The molecule has 0 bridgehead atoms. The molecular formula is C31H28ClF3N6O3. The van der Waals surface area contributed by atoms with Crippen LogP contribution >= 0.6 is 11.6 Å². The van der Waals surface area contributed by atoms with E-state index in [1.54, 1.807) is 12.3 Å². The summed E-state index contributed by atoms with van der Waals surface area (Å²) in [5, 5.41) is 7.62. The Bertz CT molecular complexity index is 1700. The number of ether oxygens (including phenoxy) is 2. The molecule has 4 aromatic rings. The van der Waals surface area contributed by atoms with E-state index < -0.39 is 17.6 Å². The molecule has 0 radical (unpaired) electrons. The Labute approximate surface area is 256 Å². The standard InChI is InChI=1S/C31H28ClF3N6O3/c32-31(34,35)44-23-6-4-22(5-7-23)38-30(42)19-12-24(29(37-15-19)40-9-8-21(33)17-40)18-11-25-26(36-14-18)13-20-16-41(39-28(20)25)27-3-1-2-10-43-27/h4-7,11-12,14-16,21,27H,1-3,8-10,13,17H2,(H,38,42)/t21-,27?/m1/s1. The van der Waals surface area contributed by atoms with E-state index in [0.717, 1.165) is 53.9 Å². The van der Waals surface area contributed by atoms with Gasteiger partial charge in [0.1, 0.15) is 24.0 Å². The minimum absolute atomic E-state index is 0.0752. The summed E-state index contributed by atoms with van der Waals surface area (Å²) in [7, 11) is 0. The summed E-state index contributed by atoms with van der Waals surface area (Å²) >= 11 is 4.82. The van der Waals surface area contributed by atoms with Crippen LogP contribution in [0.2, 0.25) is 0 Å². The smallest absolute Gasteiger partial charge is 0.420 e.